The number of halogens is 2. The van der Waals surface area contributed by atoms with E-state index >= 15 is 0 Å². The van der Waals surface area contributed by atoms with Gasteiger partial charge in [-0.15, -0.1) is 0 Å². The molecule has 0 bridgehead atoms. The number of carbonyl (C=O) groups is 1. The Morgan fingerprint density at radius 1 is 1.30 bits per heavy atom. The number of carboxylic acids is 1. The van der Waals surface area contributed by atoms with E-state index in [0.29, 0.717) is 0 Å². The molecule has 0 saturated carbocycles. The summed E-state index contributed by atoms with van der Waals surface area (Å²) < 4.78 is 26.4. The topological polar surface area (TPSA) is 83.5 Å². The summed E-state index contributed by atoms with van der Waals surface area (Å²) in [5, 5.41) is 9.37. The largest absolute Gasteiger partial charge is 0.480 e. The summed E-state index contributed by atoms with van der Waals surface area (Å²) in [5.74, 6) is -1.19. The van der Waals surface area contributed by atoms with Gasteiger partial charge in [0, 0.05) is 0 Å². The van der Waals surface area contributed by atoms with Gasteiger partial charge in [-0.1, -0.05) is 37.0 Å². The first kappa shape index (κ1) is 17.2. The van der Waals surface area contributed by atoms with Crippen molar-refractivity contribution in [3.8, 4) is 0 Å². The fraction of sp³-hybridized carbons (Fsp3) is 0.417. The van der Waals surface area contributed by atoms with Crippen LogP contribution in [-0.2, 0) is 14.8 Å². The highest BCUT2D eigenvalue weighted by atomic mass is 35.5. The normalized spacial score (nSPS) is 13.4. The van der Waals surface area contributed by atoms with Gasteiger partial charge >= 0.3 is 5.97 Å². The van der Waals surface area contributed by atoms with Gasteiger partial charge in [0.25, 0.3) is 0 Å². The van der Waals surface area contributed by atoms with Crippen LogP contribution in [-0.4, -0.2) is 25.5 Å². The second-order valence-corrected chi connectivity index (χ2v) is 7.25. The third-order valence-electron chi connectivity index (χ3n) is 2.50. The summed E-state index contributed by atoms with van der Waals surface area (Å²) in [5.41, 5.74) is 0. The van der Waals surface area contributed by atoms with E-state index < -0.39 is 22.0 Å². The predicted molar refractivity (Wildman–Crippen MR) is 77.7 cm³/mol. The summed E-state index contributed by atoms with van der Waals surface area (Å²) in [7, 11) is -3.96. The first-order chi connectivity index (χ1) is 9.13. The molecule has 5 nitrogen and oxygen atoms in total. The molecule has 0 saturated heterocycles. The van der Waals surface area contributed by atoms with E-state index in [9.17, 15) is 13.2 Å². The highest BCUT2D eigenvalue weighted by molar-refractivity contribution is 7.89. The fourth-order valence-electron chi connectivity index (χ4n) is 1.57. The van der Waals surface area contributed by atoms with Crippen molar-refractivity contribution in [1.82, 2.24) is 4.72 Å². The van der Waals surface area contributed by atoms with Gasteiger partial charge in [-0.3, -0.25) is 4.79 Å². The SMILES string of the molecule is CC(C)CC(NS(=O)(=O)c1ccc(Cl)c(Cl)c1)C(=O)O. The van der Waals surface area contributed by atoms with Gasteiger partial charge < -0.3 is 5.11 Å². The molecular formula is C12H15Cl2NO4S. The van der Waals surface area contributed by atoms with Crippen molar-refractivity contribution >= 4 is 39.2 Å². The second-order valence-electron chi connectivity index (χ2n) is 4.72. The number of carboxylic acid groups (broad SMARTS) is 1. The van der Waals surface area contributed by atoms with E-state index in [0.717, 1.165) is 0 Å². The van der Waals surface area contributed by atoms with Crippen molar-refractivity contribution in [3.05, 3.63) is 28.2 Å². The van der Waals surface area contributed by atoms with E-state index in [-0.39, 0.29) is 27.3 Å². The quantitative estimate of drug-likeness (QED) is 0.834. The van der Waals surface area contributed by atoms with Crippen LogP contribution in [0.3, 0.4) is 0 Å². The molecule has 0 amide bonds. The van der Waals surface area contributed by atoms with Crippen LogP contribution in [0.2, 0.25) is 10.0 Å². The Morgan fingerprint density at radius 2 is 1.90 bits per heavy atom. The average molecular weight is 340 g/mol. The van der Waals surface area contributed by atoms with E-state index in [1.807, 2.05) is 13.8 Å². The number of benzene rings is 1. The minimum absolute atomic E-state index is 0.0348. The second kappa shape index (κ2) is 6.76. The summed E-state index contributed by atoms with van der Waals surface area (Å²) in [6.07, 6.45) is 0.190. The van der Waals surface area contributed by atoms with Crippen LogP contribution >= 0.6 is 23.2 Å². The van der Waals surface area contributed by atoms with E-state index in [4.69, 9.17) is 28.3 Å². The highest BCUT2D eigenvalue weighted by Crippen LogP contribution is 2.25. The Bertz CT molecular complexity index is 601. The molecule has 1 atom stereocenters. The molecule has 1 aromatic rings. The van der Waals surface area contributed by atoms with Gasteiger partial charge in [-0.2, -0.15) is 4.72 Å². The van der Waals surface area contributed by atoms with Crippen LogP contribution in [0, 0.1) is 5.92 Å². The van der Waals surface area contributed by atoms with Crippen molar-refractivity contribution in [3.63, 3.8) is 0 Å². The van der Waals surface area contributed by atoms with E-state index in [1.165, 1.54) is 18.2 Å². The molecule has 2 N–H and O–H groups in total. The van der Waals surface area contributed by atoms with Gasteiger partial charge in [-0.05, 0) is 30.5 Å². The molecule has 0 radical (unpaired) electrons. The Kier molecular flexibility index (Phi) is 5.82. The molecule has 0 fully saturated rings. The van der Waals surface area contributed by atoms with Crippen LogP contribution in [0.25, 0.3) is 0 Å². The summed E-state index contributed by atoms with van der Waals surface area (Å²) >= 11 is 11.5. The summed E-state index contributed by atoms with van der Waals surface area (Å²) in [6, 6.07) is 2.61. The van der Waals surface area contributed by atoms with Gasteiger partial charge in [0.2, 0.25) is 10.0 Å². The lowest BCUT2D eigenvalue weighted by Crippen LogP contribution is -2.41. The van der Waals surface area contributed by atoms with Gasteiger partial charge in [-0.25, -0.2) is 8.42 Å². The number of hydrogen-bond donors (Lipinski definition) is 2. The maximum atomic E-state index is 12.1. The highest BCUT2D eigenvalue weighted by Gasteiger charge is 2.26. The monoisotopic (exact) mass is 339 g/mol. The zero-order valence-corrected chi connectivity index (χ0v) is 13.3. The maximum absolute atomic E-state index is 12.1. The number of aliphatic carboxylic acids is 1. The third-order valence-corrected chi connectivity index (χ3v) is 4.71. The number of rotatable bonds is 6. The molecule has 0 heterocycles. The van der Waals surface area contributed by atoms with Crippen molar-refractivity contribution in [2.75, 3.05) is 0 Å². The molecule has 0 spiro atoms. The average Bonchev–Trinajstić information content (AvgIpc) is 2.30. The van der Waals surface area contributed by atoms with Crippen LogP contribution in [0.15, 0.2) is 23.1 Å². The molecule has 112 valence electrons. The molecule has 20 heavy (non-hydrogen) atoms. The summed E-state index contributed by atoms with van der Waals surface area (Å²) in [4.78, 5) is 11.0. The van der Waals surface area contributed by atoms with Crippen LogP contribution in [0.5, 0.6) is 0 Å². The molecule has 0 aromatic heterocycles. The van der Waals surface area contributed by atoms with Crippen molar-refractivity contribution < 1.29 is 18.3 Å². The molecule has 1 unspecified atom stereocenters. The smallest absolute Gasteiger partial charge is 0.321 e. The standard InChI is InChI=1S/C12H15Cl2NO4S/c1-7(2)5-11(12(16)17)15-20(18,19)8-3-4-9(13)10(14)6-8/h3-4,6-7,11,15H,5H2,1-2H3,(H,16,17). The molecule has 8 heteroatoms. The maximum Gasteiger partial charge on any atom is 0.321 e. The third kappa shape index (κ3) is 4.63. The van der Waals surface area contributed by atoms with Gasteiger partial charge in [0.15, 0.2) is 0 Å². The first-order valence-electron chi connectivity index (χ1n) is 5.83. The van der Waals surface area contributed by atoms with Gasteiger partial charge in [0.1, 0.15) is 6.04 Å². The molecule has 1 aromatic carbocycles. The molecule has 1 rings (SSSR count). The summed E-state index contributed by atoms with van der Waals surface area (Å²) in [6.45, 7) is 3.62. The number of hydrogen-bond acceptors (Lipinski definition) is 3. The molecule has 0 aliphatic carbocycles. The zero-order chi connectivity index (χ0) is 15.5. The van der Waals surface area contributed by atoms with E-state index in [1.54, 1.807) is 0 Å². The molecular weight excluding hydrogens is 325 g/mol. The van der Waals surface area contributed by atoms with Crippen LogP contribution in [0.1, 0.15) is 20.3 Å². The Balaban J connectivity index is 3.03. The minimum Gasteiger partial charge on any atom is -0.480 e. The fourth-order valence-corrected chi connectivity index (χ4v) is 3.16. The lowest BCUT2D eigenvalue weighted by atomic mass is 10.1. The molecule has 0 aliphatic heterocycles. The predicted octanol–water partition coefficient (Wildman–Crippen LogP) is 2.77. The van der Waals surface area contributed by atoms with Crippen molar-refractivity contribution in [1.29, 1.82) is 0 Å². The number of sulfonamides is 1. The zero-order valence-electron chi connectivity index (χ0n) is 10.9. The first-order valence-corrected chi connectivity index (χ1v) is 8.07. The molecule has 0 aliphatic rings. The Morgan fingerprint density at radius 3 is 2.35 bits per heavy atom. The Labute approximate surface area is 127 Å². The van der Waals surface area contributed by atoms with Crippen LogP contribution < -0.4 is 4.72 Å². The lowest BCUT2D eigenvalue weighted by Gasteiger charge is -2.16. The van der Waals surface area contributed by atoms with Crippen LogP contribution in [0.4, 0.5) is 0 Å². The van der Waals surface area contributed by atoms with Crippen molar-refractivity contribution in [2.45, 2.75) is 31.2 Å². The Hall–Kier alpha value is -0.820. The van der Waals surface area contributed by atoms with Crippen molar-refractivity contribution in [2.24, 2.45) is 5.92 Å². The van der Waals surface area contributed by atoms with Gasteiger partial charge in [0.05, 0.1) is 14.9 Å². The lowest BCUT2D eigenvalue weighted by molar-refractivity contribution is -0.139. The minimum atomic E-state index is -3.96. The number of nitrogens with one attached hydrogen (secondary N) is 1. The van der Waals surface area contributed by atoms with E-state index in [2.05, 4.69) is 4.72 Å².